The van der Waals surface area contributed by atoms with Gasteiger partial charge in [-0.1, -0.05) is 43.7 Å². The van der Waals surface area contributed by atoms with Crippen molar-refractivity contribution in [3.63, 3.8) is 0 Å². The fraction of sp³-hybridized carbons (Fsp3) is 0.462. The second-order valence-electron chi connectivity index (χ2n) is 4.32. The minimum atomic E-state index is -3.53. The Bertz CT molecular complexity index is 499. The Morgan fingerprint density at radius 2 is 1.89 bits per heavy atom. The zero-order chi connectivity index (χ0) is 14.3. The Morgan fingerprint density at radius 1 is 1.26 bits per heavy atom. The molecule has 1 N–H and O–H groups in total. The average molecular weight is 285 g/mol. The molecule has 1 rings (SSSR count). The minimum Gasteiger partial charge on any atom is -0.480 e. The van der Waals surface area contributed by atoms with E-state index in [4.69, 9.17) is 5.11 Å². The van der Waals surface area contributed by atoms with Crippen molar-refractivity contribution in [1.82, 2.24) is 4.31 Å². The quantitative estimate of drug-likeness (QED) is 0.789. The van der Waals surface area contributed by atoms with Gasteiger partial charge in [0, 0.05) is 6.54 Å². The van der Waals surface area contributed by atoms with Crippen LogP contribution in [0.3, 0.4) is 0 Å². The number of carboxylic acids is 1. The van der Waals surface area contributed by atoms with Gasteiger partial charge in [0.1, 0.15) is 6.54 Å². The predicted octanol–water partition coefficient (Wildman–Crippen LogP) is 1.70. The minimum absolute atomic E-state index is 0.0103. The van der Waals surface area contributed by atoms with Crippen molar-refractivity contribution in [1.29, 1.82) is 0 Å². The van der Waals surface area contributed by atoms with Gasteiger partial charge in [-0.25, -0.2) is 8.42 Å². The SMILES string of the molecule is CCCCS(=O)(=O)N(CC(=O)O)Cc1ccccc1. The van der Waals surface area contributed by atoms with Crippen LogP contribution in [0.1, 0.15) is 25.3 Å². The van der Waals surface area contributed by atoms with Gasteiger partial charge in [0.15, 0.2) is 0 Å². The van der Waals surface area contributed by atoms with Crippen LogP contribution in [0.5, 0.6) is 0 Å². The summed E-state index contributed by atoms with van der Waals surface area (Å²) in [5, 5.41) is 8.84. The van der Waals surface area contributed by atoms with E-state index < -0.39 is 22.5 Å². The molecule has 0 aliphatic rings. The molecular formula is C13H19NO4S. The van der Waals surface area contributed by atoms with E-state index in [1.54, 1.807) is 24.3 Å². The van der Waals surface area contributed by atoms with Gasteiger partial charge in [0.25, 0.3) is 0 Å². The monoisotopic (exact) mass is 285 g/mol. The van der Waals surface area contributed by atoms with Gasteiger partial charge < -0.3 is 5.11 Å². The third-order valence-corrected chi connectivity index (χ3v) is 4.51. The summed E-state index contributed by atoms with van der Waals surface area (Å²) in [4.78, 5) is 10.8. The fourth-order valence-corrected chi connectivity index (χ4v) is 3.21. The van der Waals surface area contributed by atoms with Crippen molar-refractivity contribution >= 4 is 16.0 Å². The van der Waals surface area contributed by atoms with Crippen LogP contribution in [0.15, 0.2) is 30.3 Å². The van der Waals surface area contributed by atoms with Crippen LogP contribution in [0.25, 0.3) is 0 Å². The molecule has 0 spiro atoms. The number of carbonyl (C=O) groups is 1. The summed E-state index contributed by atoms with van der Waals surface area (Å²) in [6.07, 6.45) is 1.29. The summed E-state index contributed by atoms with van der Waals surface area (Å²) in [6.45, 7) is 1.49. The Kier molecular flexibility index (Phi) is 5.98. The van der Waals surface area contributed by atoms with E-state index in [0.717, 1.165) is 16.3 Å². The first-order valence-electron chi connectivity index (χ1n) is 6.19. The van der Waals surface area contributed by atoms with Crippen LogP contribution in [0.4, 0.5) is 0 Å². The molecule has 0 heterocycles. The van der Waals surface area contributed by atoms with Crippen molar-refractivity contribution in [2.75, 3.05) is 12.3 Å². The summed E-state index contributed by atoms with van der Waals surface area (Å²) in [5.74, 6) is -1.15. The molecule has 0 unspecified atom stereocenters. The van der Waals surface area contributed by atoms with Crippen molar-refractivity contribution in [3.05, 3.63) is 35.9 Å². The number of hydrogen-bond donors (Lipinski definition) is 1. The summed E-state index contributed by atoms with van der Waals surface area (Å²) in [6, 6.07) is 8.99. The molecule has 0 atom stereocenters. The van der Waals surface area contributed by atoms with E-state index in [9.17, 15) is 13.2 Å². The molecule has 19 heavy (non-hydrogen) atoms. The average Bonchev–Trinajstić information content (AvgIpc) is 2.36. The zero-order valence-electron chi connectivity index (χ0n) is 10.9. The lowest BCUT2D eigenvalue weighted by Gasteiger charge is -2.20. The van der Waals surface area contributed by atoms with Crippen molar-refractivity contribution < 1.29 is 18.3 Å². The van der Waals surface area contributed by atoms with Gasteiger partial charge >= 0.3 is 5.97 Å². The number of carboxylic acid groups (broad SMARTS) is 1. The normalized spacial score (nSPS) is 11.7. The van der Waals surface area contributed by atoms with Crippen LogP contribution in [0, 0.1) is 0 Å². The number of hydrogen-bond acceptors (Lipinski definition) is 3. The first kappa shape index (κ1) is 15.7. The third-order valence-electron chi connectivity index (χ3n) is 2.66. The van der Waals surface area contributed by atoms with Gasteiger partial charge in [-0.3, -0.25) is 4.79 Å². The number of unbranched alkanes of at least 4 members (excludes halogenated alkanes) is 1. The summed E-state index contributed by atoms with van der Waals surface area (Å²) in [7, 11) is -3.53. The van der Waals surface area contributed by atoms with Gasteiger partial charge in [0.2, 0.25) is 10.0 Å². The predicted molar refractivity (Wildman–Crippen MR) is 73.2 cm³/mol. The molecule has 5 nitrogen and oxygen atoms in total. The Hall–Kier alpha value is -1.40. The number of rotatable bonds is 8. The highest BCUT2D eigenvalue weighted by Gasteiger charge is 2.23. The number of nitrogens with zero attached hydrogens (tertiary/aromatic N) is 1. The van der Waals surface area contributed by atoms with Crippen molar-refractivity contribution in [2.24, 2.45) is 0 Å². The molecule has 0 fully saturated rings. The van der Waals surface area contributed by atoms with Gasteiger partial charge in [-0.15, -0.1) is 0 Å². The van der Waals surface area contributed by atoms with Crippen molar-refractivity contribution in [3.8, 4) is 0 Å². The van der Waals surface area contributed by atoms with Crippen LogP contribution in [-0.4, -0.2) is 36.1 Å². The maximum absolute atomic E-state index is 12.1. The number of benzene rings is 1. The largest absolute Gasteiger partial charge is 0.480 e. The molecule has 0 saturated carbocycles. The fourth-order valence-electron chi connectivity index (χ4n) is 1.65. The zero-order valence-corrected chi connectivity index (χ0v) is 11.8. The molecule has 0 radical (unpaired) electrons. The van der Waals surface area contributed by atoms with Crippen molar-refractivity contribution in [2.45, 2.75) is 26.3 Å². The van der Waals surface area contributed by atoms with Crippen LogP contribution in [0.2, 0.25) is 0 Å². The Labute approximate surface area is 113 Å². The molecule has 6 heteroatoms. The molecular weight excluding hydrogens is 266 g/mol. The topological polar surface area (TPSA) is 74.7 Å². The Balaban J connectivity index is 2.85. The van der Waals surface area contributed by atoms with Crippen LogP contribution >= 0.6 is 0 Å². The van der Waals surface area contributed by atoms with Gasteiger partial charge in [0.05, 0.1) is 5.75 Å². The number of aliphatic carboxylic acids is 1. The van der Waals surface area contributed by atoms with E-state index in [-0.39, 0.29) is 12.3 Å². The molecule has 106 valence electrons. The molecule has 0 aliphatic heterocycles. The van der Waals surface area contributed by atoms with Crippen LogP contribution < -0.4 is 0 Å². The third kappa shape index (κ3) is 5.40. The molecule has 1 aromatic carbocycles. The first-order valence-corrected chi connectivity index (χ1v) is 7.80. The maximum Gasteiger partial charge on any atom is 0.318 e. The highest BCUT2D eigenvalue weighted by molar-refractivity contribution is 7.89. The summed E-state index contributed by atoms with van der Waals surface area (Å²) in [5.41, 5.74) is 0.781. The molecule has 1 aromatic rings. The maximum atomic E-state index is 12.1. The molecule has 0 saturated heterocycles. The second-order valence-corrected chi connectivity index (χ2v) is 6.41. The molecule has 0 aliphatic carbocycles. The molecule has 0 aromatic heterocycles. The van der Waals surface area contributed by atoms with E-state index in [1.165, 1.54) is 0 Å². The van der Waals surface area contributed by atoms with Gasteiger partial charge in [-0.05, 0) is 12.0 Å². The molecule has 0 amide bonds. The summed E-state index contributed by atoms with van der Waals surface area (Å²) >= 11 is 0. The van der Waals surface area contributed by atoms with Gasteiger partial charge in [-0.2, -0.15) is 4.31 Å². The lowest BCUT2D eigenvalue weighted by molar-refractivity contribution is -0.137. The standard InChI is InChI=1S/C13H19NO4S/c1-2-3-9-19(17,18)14(11-13(15)16)10-12-7-5-4-6-8-12/h4-8H,2-3,9-11H2,1H3,(H,15,16). The Morgan fingerprint density at radius 3 is 2.42 bits per heavy atom. The first-order chi connectivity index (χ1) is 8.95. The lowest BCUT2D eigenvalue weighted by Crippen LogP contribution is -2.36. The van der Waals surface area contributed by atoms with E-state index in [1.807, 2.05) is 13.0 Å². The lowest BCUT2D eigenvalue weighted by atomic mass is 10.2. The highest BCUT2D eigenvalue weighted by Crippen LogP contribution is 2.11. The highest BCUT2D eigenvalue weighted by atomic mass is 32.2. The van der Waals surface area contributed by atoms with E-state index in [0.29, 0.717) is 6.42 Å². The van der Waals surface area contributed by atoms with Crippen LogP contribution in [-0.2, 0) is 21.4 Å². The summed E-state index contributed by atoms with van der Waals surface area (Å²) < 4.78 is 25.2. The van der Waals surface area contributed by atoms with E-state index >= 15 is 0 Å². The number of sulfonamides is 1. The molecule has 0 bridgehead atoms. The smallest absolute Gasteiger partial charge is 0.318 e. The second kappa shape index (κ2) is 7.25. The van der Waals surface area contributed by atoms with E-state index in [2.05, 4.69) is 0 Å².